The highest BCUT2D eigenvalue weighted by Gasteiger charge is 2.11. The van der Waals surface area contributed by atoms with Crippen LogP contribution in [0.5, 0.6) is 5.75 Å². The summed E-state index contributed by atoms with van der Waals surface area (Å²) >= 11 is 3.32. The summed E-state index contributed by atoms with van der Waals surface area (Å²) in [4.78, 5) is 12.1. The average Bonchev–Trinajstić information content (AvgIpc) is 2.48. The van der Waals surface area contributed by atoms with E-state index >= 15 is 0 Å². The number of carbonyl (C=O) groups is 1. The first-order valence-electron chi connectivity index (χ1n) is 6.07. The van der Waals surface area contributed by atoms with Crippen LogP contribution in [0.2, 0.25) is 0 Å². The second-order valence-corrected chi connectivity index (χ2v) is 5.02. The topological polar surface area (TPSA) is 73.1 Å². The summed E-state index contributed by atoms with van der Waals surface area (Å²) in [6, 6.07) is 15.4. The second-order valence-electron chi connectivity index (χ2n) is 4.16. The van der Waals surface area contributed by atoms with Crippen molar-refractivity contribution in [2.75, 3.05) is 5.32 Å². The van der Waals surface area contributed by atoms with E-state index in [9.17, 15) is 9.90 Å². The first kappa shape index (κ1) is 14.8. The van der Waals surface area contributed by atoms with Gasteiger partial charge < -0.3 is 10.4 Å². The van der Waals surface area contributed by atoms with Crippen molar-refractivity contribution < 1.29 is 9.90 Å². The maximum atomic E-state index is 12.1. The van der Waals surface area contributed by atoms with Crippen LogP contribution >= 0.6 is 15.9 Å². The van der Waals surface area contributed by atoms with Gasteiger partial charge in [0, 0.05) is 10.0 Å². The Bertz CT molecular complexity index is 748. The number of phenolic OH excluding ortho intramolecular Hbond substituents is 1. The summed E-state index contributed by atoms with van der Waals surface area (Å²) in [7, 11) is 0. The zero-order chi connectivity index (χ0) is 15.2. The van der Waals surface area contributed by atoms with Crippen LogP contribution in [-0.2, 0) is 4.79 Å². The fourth-order valence-corrected chi connectivity index (χ4v) is 2.05. The zero-order valence-corrected chi connectivity index (χ0v) is 12.5. The molecular weight excluding hydrogens is 332 g/mol. The van der Waals surface area contributed by atoms with E-state index in [2.05, 4.69) is 21.2 Å². The Kier molecular flexibility index (Phi) is 4.75. The van der Waals surface area contributed by atoms with Crippen molar-refractivity contribution in [3.63, 3.8) is 0 Å². The predicted molar refractivity (Wildman–Crippen MR) is 84.5 cm³/mol. The van der Waals surface area contributed by atoms with Crippen molar-refractivity contribution in [1.82, 2.24) is 0 Å². The minimum atomic E-state index is -0.535. The third-order valence-electron chi connectivity index (χ3n) is 2.72. The van der Waals surface area contributed by atoms with Crippen LogP contribution in [0.1, 0.15) is 5.56 Å². The highest BCUT2D eigenvalue weighted by molar-refractivity contribution is 9.10. The van der Waals surface area contributed by atoms with Crippen LogP contribution in [0.15, 0.2) is 58.6 Å². The number of para-hydroxylation sites is 2. The molecule has 0 atom stereocenters. The molecule has 0 heterocycles. The number of phenols is 1. The normalized spacial score (nSPS) is 10.8. The summed E-state index contributed by atoms with van der Waals surface area (Å²) < 4.78 is 0.721. The van der Waals surface area contributed by atoms with Crippen LogP contribution in [0.4, 0.5) is 5.69 Å². The molecule has 0 saturated carbocycles. The van der Waals surface area contributed by atoms with Crippen LogP contribution in [0.25, 0.3) is 6.08 Å². The van der Waals surface area contributed by atoms with E-state index in [4.69, 9.17) is 5.26 Å². The van der Waals surface area contributed by atoms with E-state index in [-0.39, 0.29) is 11.3 Å². The van der Waals surface area contributed by atoms with Gasteiger partial charge >= 0.3 is 0 Å². The molecule has 5 heteroatoms. The van der Waals surface area contributed by atoms with Crippen molar-refractivity contribution in [1.29, 1.82) is 5.26 Å². The molecular formula is C16H11BrN2O2. The predicted octanol–water partition coefficient (Wildman–Crippen LogP) is 3.70. The molecule has 4 nitrogen and oxygen atoms in total. The Labute approximate surface area is 130 Å². The van der Waals surface area contributed by atoms with E-state index in [1.165, 1.54) is 12.1 Å². The molecule has 2 rings (SSSR count). The minimum Gasteiger partial charge on any atom is -0.507 e. The zero-order valence-electron chi connectivity index (χ0n) is 10.9. The maximum absolute atomic E-state index is 12.1. The Balaban J connectivity index is 2.26. The molecule has 21 heavy (non-hydrogen) atoms. The maximum Gasteiger partial charge on any atom is 0.266 e. The monoisotopic (exact) mass is 342 g/mol. The lowest BCUT2D eigenvalue weighted by molar-refractivity contribution is -0.112. The van der Waals surface area contributed by atoms with Crippen LogP contribution in [0.3, 0.4) is 0 Å². The van der Waals surface area contributed by atoms with Crippen molar-refractivity contribution >= 4 is 33.6 Å². The number of nitrogens with zero attached hydrogens (tertiary/aromatic N) is 1. The molecule has 0 aliphatic heterocycles. The Morgan fingerprint density at radius 1 is 1.19 bits per heavy atom. The molecule has 2 aromatic rings. The number of aromatic hydroxyl groups is 1. The third kappa shape index (κ3) is 3.71. The van der Waals surface area contributed by atoms with Gasteiger partial charge in [0.05, 0.1) is 5.69 Å². The van der Waals surface area contributed by atoms with Gasteiger partial charge in [-0.25, -0.2) is 0 Å². The Hall–Kier alpha value is -2.58. The van der Waals surface area contributed by atoms with Crippen molar-refractivity contribution in [3.05, 3.63) is 64.1 Å². The molecule has 0 spiro atoms. The van der Waals surface area contributed by atoms with Gasteiger partial charge in [0.1, 0.15) is 17.4 Å². The summed E-state index contributed by atoms with van der Waals surface area (Å²) in [5, 5.41) is 21.4. The SMILES string of the molecule is N#C/C(=C\c1ccccc1O)C(=O)Nc1ccccc1Br. The van der Waals surface area contributed by atoms with Gasteiger partial charge in [0.2, 0.25) is 0 Å². The molecule has 104 valence electrons. The fraction of sp³-hybridized carbons (Fsp3) is 0. The van der Waals surface area contributed by atoms with Gasteiger partial charge in [-0.1, -0.05) is 30.3 Å². The molecule has 0 bridgehead atoms. The molecule has 0 fully saturated rings. The molecule has 0 radical (unpaired) electrons. The number of halogens is 1. The van der Waals surface area contributed by atoms with Gasteiger partial charge in [0.15, 0.2) is 0 Å². The fourth-order valence-electron chi connectivity index (χ4n) is 1.67. The van der Waals surface area contributed by atoms with Crippen LogP contribution in [0, 0.1) is 11.3 Å². The second kappa shape index (κ2) is 6.73. The van der Waals surface area contributed by atoms with Gasteiger partial charge in [0.25, 0.3) is 5.91 Å². The third-order valence-corrected chi connectivity index (χ3v) is 3.42. The van der Waals surface area contributed by atoms with E-state index in [0.717, 1.165) is 4.47 Å². The number of rotatable bonds is 3. The lowest BCUT2D eigenvalue weighted by atomic mass is 10.1. The van der Waals surface area contributed by atoms with E-state index < -0.39 is 5.91 Å². The molecule has 0 saturated heterocycles. The Morgan fingerprint density at radius 3 is 2.52 bits per heavy atom. The van der Waals surface area contributed by atoms with Gasteiger partial charge in [-0.3, -0.25) is 4.79 Å². The van der Waals surface area contributed by atoms with Crippen molar-refractivity contribution in [3.8, 4) is 11.8 Å². The van der Waals surface area contributed by atoms with Gasteiger partial charge in [-0.15, -0.1) is 0 Å². The summed E-state index contributed by atoms with van der Waals surface area (Å²) in [5.41, 5.74) is 0.893. The summed E-state index contributed by atoms with van der Waals surface area (Å²) in [6.45, 7) is 0. The number of carbonyl (C=O) groups excluding carboxylic acids is 1. The minimum absolute atomic E-state index is 0.0129. The molecule has 0 aliphatic carbocycles. The van der Waals surface area contributed by atoms with Crippen molar-refractivity contribution in [2.45, 2.75) is 0 Å². The molecule has 2 aromatic carbocycles. The van der Waals surface area contributed by atoms with E-state index in [0.29, 0.717) is 11.3 Å². The number of nitrogens with one attached hydrogen (secondary N) is 1. The standard InChI is InChI=1S/C16H11BrN2O2/c17-13-6-2-3-7-14(13)19-16(21)12(10-18)9-11-5-1-4-8-15(11)20/h1-9,20H,(H,19,21)/b12-9+. The largest absolute Gasteiger partial charge is 0.507 e. The summed E-state index contributed by atoms with van der Waals surface area (Å²) in [5.74, 6) is -0.522. The molecule has 0 aliphatic rings. The number of amides is 1. The lowest BCUT2D eigenvalue weighted by Gasteiger charge is -2.06. The first-order valence-corrected chi connectivity index (χ1v) is 6.87. The smallest absolute Gasteiger partial charge is 0.266 e. The number of benzene rings is 2. The number of hydrogen-bond acceptors (Lipinski definition) is 3. The summed E-state index contributed by atoms with van der Waals surface area (Å²) in [6.07, 6.45) is 1.35. The number of anilines is 1. The van der Waals surface area contributed by atoms with Crippen molar-refractivity contribution in [2.24, 2.45) is 0 Å². The van der Waals surface area contributed by atoms with Crippen LogP contribution in [-0.4, -0.2) is 11.0 Å². The van der Waals surface area contributed by atoms with E-state index in [1.54, 1.807) is 36.4 Å². The highest BCUT2D eigenvalue weighted by atomic mass is 79.9. The number of nitriles is 1. The average molecular weight is 343 g/mol. The van der Waals surface area contributed by atoms with Crippen LogP contribution < -0.4 is 5.32 Å². The van der Waals surface area contributed by atoms with Gasteiger partial charge in [-0.2, -0.15) is 5.26 Å². The van der Waals surface area contributed by atoms with E-state index in [1.807, 2.05) is 12.1 Å². The molecule has 1 amide bonds. The molecule has 2 N–H and O–H groups in total. The Morgan fingerprint density at radius 2 is 1.86 bits per heavy atom. The molecule has 0 aromatic heterocycles. The lowest BCUT2D eigenvalue weighted by Crippen LogP contribution is -2.13. The highest BCUT2D eigenvalue weighted by Crippen LogP contribution is 2.23. The molecule has 0 unspecified atom stereocenters. The number of hydrogen-bond donors (Lipinski definition) is 2. The first-order chi connectivity index (χ1) is 10.1. The van der Waals surface area contributed by atoms with Gasteiger partial charge in [-0.05, 0) is 40.2 Å². The quantitative estimate of drug-likeness (QED) is 0.659.